The number of carbonyl (C=O) groups excluding carboxylic acids is 1. The second kappa shape index (κ2) is 9.20. The van der Waals surface area contributed by atoms with E-state index in [2.05, 4.69) is 17.3 Å². The van der Waals surface area contributed by atoms with Crippen molar-refractivity contribution in [1.29, 1.82) is 0 Å². The molecule has 0 spiro atoms. The molecule has 0 amide bonds. The van der Waals surface area contributed by atoms with E-state index in [1.54, 1.807) is 6.92 Å². The molecule has 1 unspecified atom stereocenters. The van der Waals surface area contributed by atoms with Gasteiger partial charge in [-0.1, -0.05) is 35.5 Å². The maximum atomic E-state index is 11.5. The highest BCUT2D eigenvalue weighted by molar-refractivity contribution is 6.36. The van der Waals surface area contributed by atoms with Gasteiger partial charge in [-0.15, -0.1) is 0 Å². The van der Waals surface area contributed by atoms with Gasteiger partial charge in [0, 0.05) is 13.0 Å². The summed E-state index contributed by atoms with van der Waals surface area (Å²) < 4.78 is 10.5. The smallest absolute Gasteiger partial charge is 0.356 e. The Labute approximate surface area is 131 Å². The average Bonchev–Trinajstić information content (AvgIpc) is 3.01. The number of carbonyl (C=O) groups is 1. The van der Waals surface area contributed by atoms with Gasteiger partial charge >= 0.3 is 5.97 Å². The van der Waals surface area contributed by atoms with Gasteiger partial charge in [-0.05, 0) is 31.7 Å². The lowest BCUT2D eigenvalue weighted by atomic mass is 10.1. The molecule has 0 saturated carbocycles. The fourth-order valence-corrected chi connectivity index (χ4v) is 2.27. The predicted molar refractivity (Wildman–Crippen MR) is 83.8 cm³/mol. The first-order chi connectivity index (χ1) is 10.8. The van der Waals surface area contributed by atoms with Crippen molar-refractivity contribution >= 4 is 11.7 Å². The third-order valence-corrected chi connectivity index (χ3v) is 3.44. The molecule has 1 aliphatic rings. The van der Waals surface area contributed by atoms with Crippen molar-refractivity contribution in [3.05, 3.63) is 35.9 Å². The molecule has 1 aromatic rings. The SMILES string of the molecule is CCOC(=O)C1=NOC(CCCOCCc2ccccc2)C1. The summed E-state index contributed by atoms with van der Waals surface area (Å²) in [5.74, 6) is -0.371. The summed E-state index contributed by atoms with van der Waals surface area (Å²) in [7, 11) is 0. The van der Waals surface area contributed by atoms with Gasteiger partial charge in [0.15, 0.2) is 5.71 Å². The lowest BCUT2D eigenvalue weighted by Crippen LogP contribution is -2.18. The van der Waals surface area contributed by atoms with E-state index in [1.165, 1.54) is 5.56 Å². The quantitative estimate of drug-likeness (QED) is 0.520. The van der Waals surface area contributed by atoms with Gasteiger partial charge < -0.3 is 14.3 Å². The third kappa shape index (κ3) is 5.48. The first-order valence-electron chi connectivity index (χ1n) is 7.81. The third-order valence-electron chi connectivity index (χ3n) is 3.44. The molecule has 0 saturated heterocycles. The van der Waals surface area contributed by atoms with Crippen molar-refractivity contribution < 1.29 is 19.1 Å². The minimum Gasteiger partial charge on any atom is -0.461 e. The number of rotatable bonds is 9. The molecule has 22 heavy (non-hydrogen) atoms. The van der Waals surface area contributed by atoms with E-state index in [0.29, 0.717) is 25.3 Å². The second-order valence-corrected chi connectivity index (χ2v) is 5.18. The number of esters is 1. The van der Waals surface area contributed by atoms with Crippen molar-refractivity contribution in [2.75, 3.05) is 19.8 Å². The van der Waals surface area contributed by atoms with Crippen LogP contribution in [0.2, 0.25) is 0 Å². The Balaban J connectivity index is 1.51. The molecule has 1 aliphatic heterocycles. The van der Waals surface area contributed by atoms with E-state index in [4.69, 9.17) is 14.3 Å². The Kier molecular flexibility index (Phi) is 6.90. The first-order valence-corrected chi connectivity index (χ1v) is 7.81. The minimum atomic E-state index is -0.371. The van der Waals surface area contributed by atoms with Gasteiger partial charge in [0.1, 0.15) is 6.10 Å². The maximum Gasteiger partial charge on any atom is 0.356 e. The van der Waals surface area contributed by atoms with E-state index < -0.39 is 0 Å². The molecule has 5 nitrogen and oxygen atoms in total. The zero-order chi connectivity index (χ0) is 15.6. The largest absolute Gasteiger partial charge is 0.461 e. The molecule has 2 rings (SSSR count). The van der Waals surface area contributed by atoms with Crippen LogP contribution in [0.1, 0.15) is 31.7 Å². The van der Waals surface area contributed by atoms with Crippen LogP contribution in [-0.2, 0) is 25.5 Å². The van der Waals surface area contributed by atoms with Crippen molar-refractivity contribution in [2.24, 2.45) is 5.16 Å². The Bertz CT molecular complexity index is 487. The van der Waals surface area contributed by atoms with E-state index in [0.717, 1.165) is 25.9 Å². The molecule has 5 heteroatoms. The van der Waals surface area contributed by atoms with Crippen LogP contribution in [0.3, 0.4) is 0 Å². The van der Waals surface area contributed by atoms with Gasteiger partial charge in [-0.2, -0.15) is 0 Å². The molecule has 1 atom stereocenters. The van der Waals surface area contributed by atoms with Gasteiger partial charge in [0.25, 0.3) is 0 Å². The monoisotopic (exact) mass is 305 g/mol. The molecule has 0 aromatic heterocycles. The fraction of sp³-hybridized carbons (Fsp3) is 0.529. The second-order valence-electron chi connectivity index (χ2n) is 5.18. The topological polar surface area (TPSA) is 57.1 Å². The summed E-state index contributed by atoms with van der Waals surface area (Å²) in [6.45, 7) is 3.55. The molecule has 1 aromatic carbocycles. The lowest BCUT2D eigenvalue weighted by Gasteiger charge is -2.08. The summed E-state index contributed by atoms with van der Waals surface area (Å²) in [5, 5.41) is 3.79. The zero-order valence-electron chi connectivity index (χ0n) is 13.0. The summed E-state index contributed by atoms with van der Waals surface area (Å²) >= 11 is 0. The first kappa shape index (κ1) is 16.5. The van der Waals surface area contributed by atoms with Gasteiger partial charge in [-0.3, -0.25) is 0 Å². The zero-order valence-corrected chi connectivity index (χ0v) is 13.0. The Morgan fingerprint density at radius 3 is 2.91 bits per heavy atom. The molecule has 0 radical (unpaired) electrons. The Hall–Kier alpha value is -1.88. The highest BCUT2D eigenvalue weighted by Gasteiger charge is 2.26. The maximum absolute atomic E-state index is 11.5. The van der Waals surface area contributed by atoms with Crippen LogP contribution in [0, 0.1) is 0 Å². The minimum absolute atomic E-state index is 0.0304. The number of oxime groups is 1. The average molecular weight is 305 g/mol. The van der Waals surface area contributed by atoms with E-state index >= 15 is 0 Å². The molecular formula is C17H23NO4. The molecular weight excluding hydrogens is 282 g/mol. The van der Waals surface area contributed by atoms with Crippen LogP contribution in [0.25, 0.3) is 0 Å². The van der Waals surface area contributed by atoms with Gasteiger partial charge in [0.2, 0.25) is 0 Å². The highest BCUT2D eigenvalue weighted by atomic mass is 16.6. The molecule has 0 N–H and O–H groups in total. The molecule has 0 fully saturated rings. The number of hydrogen-bond donors (Lipinski definition) is 0. The number of nitrogens with zero attached hydrogens (tertiary/aromatic N) is 1. The van der Waals surface area contributed by atoms with Crippen LogP contribution in [0.4, 0.5) is 0 Å². The van der Waals surface area contributed by atoms with Crippen molar-refractivity contribution in [1.82, 2.24) is 0 Å². The summed E-state index contributed by atoms with van der Waals surface area (Å²) in [4.78, 5) is 16.7. The molecule has 0 aliphatic carbocycles. The van der Waals surface area contributed by atoms with E-state index in [9.17, 15) is 4.79 Å². The fourth-order valence-electron chi connectivity index (χ4n) is 2.27. The summed E-state index contributed by atoms with van der Waals surface area (Å²) in [5.41, 5.74) is 1.67. The molecule has 1 heterocycles. The molecule has 120 valence electrons. The van der Waals surface area contributed by atoms with E-state index in [1.807, 2.05) is 18.2 Å². The van der Waals surface area contributed by atoms with Crippen LogP contribution in [0.5, 0.6) is 0 Å². The van der Waals surface area contributed by atoms with E-state index in [-0.39, 0.29) is 12.1 Å². The predicted octanol–water partition coefficient (Wildman–Crippen LogP) is 2.73. The molecule has 0 bridgehead atoms. The van der Waals surface area contributed by atoms with Crippen LogP contribution in [0.15, 0.2) is 35.5 Å². The number of ether oxygens (including phenoxy) is 2. The van der Waals surface area contributed by atoms with Crippen molar-refractivity contribution in [3.8, 4) is 0 Å². The lowest BCUT2D eigenvalue weighted by molar-refractivity contribution is -0.135. The Morgan fingerprint density at radius 1 is 1.32 bits per heavy atom. The van der Waals surface area contributed by atoms with Gasteiger partial charge in [-0.25, -0.2) is 4.79 Å². The van der Waals surface area contributed by atoms with Crippen molar-refractivity contribution in [3.63, 3.8) is 0 Å². The summed E-state index contributed by atoms with van der Waals surface area (Å²) in [6, 6.07) is 10.3. The van der Waals surface area contributed by atoms with Crippen LogP contribution >= 0.6 is 0 Å². The van der Waals surface area contributed by atoms with Crippen LogP contribution in [-0.4, -0.2) is 37.6 Å². The van der Waals surface area contributed by atoms with Crippen molar-refractivity contribution in [2.45, 2.75) is 38.7 Å². The standard InChI is InChI=1S/C17H23NO4/c1-2-21-17(19)16-13-15(22-18-16)9-6-11-20-12-10-14-7-4-3-5-8-14/h3-5,7-8,15H,2,6,9-13H2,1H3. The number of benzene rings is 1. The normalized spacial score (nSPS) is 17.0. The Morgan fingerprint density at radius 2 is 2.14 bits per heavy atom. The van der Waals surface area contributed by atoms with Crippen LogP contribution < -0.4 is 0 Å². The number of hydrogen-bond acceptors (Lipinski definition) is 5. The van der Waals surface area contributed by atoms with Gasteiger partial charge in [0.05, 0.1) is 13.2 Å². The highest BCUT2D eigenvalue weighted by Crippen LogP contribution is 2.16. The summed E-state index contributed by atoms with van der Waals surface area (Å²) in [6.07, 6.45) is 3.15.